The lowest BCUT2D eigenvalue weighted by atomic mass is 9.78. The summed E-state index contributed by atoms with van der Waals surface area (Å²) in [7, 11) is 0. The van der Waals surface area contributed by atoms with E-state index in [4.69, 9.17) is 0 Å². The highest BCUT2D eigenvalue weighted by Crippen LogP contribution is 2.42. The molecule has 146 valence electrons. The van der Waals surface area contributed by atoms with Crippen molar-refractivity contribution in [3.05, 3.63) is 59.7 Å². The van der Waals surface area contributed by atoms with Crippen molar-refractivity contribution in [1.82, 2.24) is 19.8 Å². The number of aromatic amines is 1. The van der Waals surface area contributed by atoms with Gasteiger partial charge in [-0.3, -0.25) is 9.59 Å². The Kier molecular flexibility index (Phi) is 4.79. The van der Waals surface area contributed by atoms with Gasteiger partial charge in [0.2, 0.25) is 5.91 Å². The fourth-order valence-electron chi connectivity index (χ4n) is 4.56. The van der Waals surface area contributed by atoms with Crippen molar-refractivity contribution in [2.75, 3.05) is 19.6 Å². The van der Waals surface area contributed by atoms with Crippen LogP contribution in [0.3, 0.4) is 0 Å². The fourth-order valence-corrected chi connectivity index (χ4v) is 4.56. The molecule has 2 aromatic rings. The first-order valence-electron chi connectivity index (χ1n) is 9.94. The minimum Gasteiger partial charge on any atom is -0.348 e. The lowest BCUT2D eigenvalue weighted by Crippen LogP contribution is -2.58. The second kappa shape index (κ2) is 7.26. The van der Waals surface area contributed by atoms with E-state index in [1.54, 1.807) is 12.4 Å². The maximum Gasteiger partial charge on any atom is 0.253 e. The standard InChI is InChI=1S/C22H26N4O2/c1-3-16-5-7-17(8-6-16)21(28)25-13-10-22(11-14-25)20-18(23-15-24-20)9-12-26(22)19(27)4-2/h3,5-8,15H,1,4,9-14H2,2H3,(H,23,24). The minimum absolute atomic E-state index is 0.0388. The third kappa shape index (κ3) is 2.93. The van der Waals surface area contributed by atoms with Gasteiger partial charge in [0.05, 0.1) is 17.6 Å². The van der Waals surface area contributed by atoms with Crippen LogP contribution in [0.5, 0.6) is 0 Å². The number of carbonyl (C=O) groups is 2. The van der Waals surface area contributed by atoms with Crippen LogP contribution >= 0.6 is 0 Å². The fraction of sp³-hybridized carbons (Fsp3) is 0.409. The van der Waals surface area contributed by atoms with Crippen molar-refractivity contribution < 1.29 is 9.59 Å². The SMILES string of the molecule is C=Cc1ccc(C(=O)N2CCC3(CC2)c2nc[nH]c2CCN3C(=O)CC)cc1. The number of rotatable bonds is 3. The van der Waals surface area contributed by atoms with Crippen LogP contribution in [0.1, 0.15) is 53.5 Å². The lowest BCUT2D eigenvalue weighted by Gasteiger charge is -2.50. The number of nitrogens with zero attached hydrogens (tertiary/aromatic N) is 3. The highest BCUT2D eigenvalue weighted by molar-refractivity contribution is 5.94. The van der Waals surface area contributed by atoms with Crippen molar-refractivity contribution in [3.8, 4) is 0 Å². The average molecular weight is 378 g/mol. The molecule has 0 saturated carbocycles. The number of piperidine rings is 1. The molecule has 1 saturated heterocycles. The Balaban J connectivity index is 1.56. The Morgan fingerprint density at radius 3 is 2.57 bits per heavy atom. The Labute approximate surface area is 165 Å². The zero-order valence-corrected chi connectivity index (χ0v) is 16.3. The number of fused-ring (bicyclic) bond motifs is 2. The first-order valence-corrected chi connectivity index (χ1v) is 9.94. The number of hydrogen-bond acceptors (Lipinski definition) is 3. The van der Waals surface area contributed by atoms with E-state index in [2.05, 4.69) is 16.5 Å². The summed E-state index contributed by atoms with van der Waals surface area (Å²) in [5, 5.41) is 0. The van der Waals surface area contributed by atoms with E-state index in [1.165, 1.54) is 0 Å². The van der Waals surface area contributed by atoms with Crippen LogP contribution in [-0.4, -0.2) is 51.2 Å². The van der Waals surface area contributed by atoms with Crippen molar-refractivity contribution in [3.63, 3.8) is 0 Å². The van der Waals surface area contributed by atoms with E-state index in [0.29, 0.717) is 44.5 Å². The molecule has 0 bridgehead atoms. The molecule has 0 radical (unpaired) electrons. The number of likely N-dealkylation sites (tertiary alicyclic amines) is 1. The van der Waals surface area contributed by atoms with Gasteiger partial charge in [-0.2, -0.15) is 0 Å². The minimum atomic E-state index is -0.399. The summed E-state index contributed by atoms with van der Waals surface area (Å²) < 4.78 is 0. The highest BCUT2D eigenvalue weighted by Gasteiger charge is 2.48. The molecular weight excluding hydrogens is 352 g/mol. The quantitative estimate of drug-likeness (QED) is 0.893. The van der Waals surface area contributed by atoms with E-state index in [1.807, 2.05) is 41.0 Å². The predicted molar refractivity (Wildman–Crippen MR) is 108 cm³/mol. The van der Waals surface area contributed by atoms with Crippen LogP contribution in [0.2, 0.25) is 0 Å². The molecule has 4 rings (SSSR count). The topological polar surface area (TPSA) is 69.3 Å². The van der Waals surface area contributed by atoms with Gasteiger partial charge in [0.25, 0.3) is 5.91 Å². The molecule has 3 heterocycles. The molecule has 6 nitrogen and oxygen atoms in total. The van der Waals surface area contributed by atoms with E-state index in [0.717, 1.165) is 23.4 Å². The van der Waals surface area contributed by atoms with Crippen LogP contribution in [0.25, 0.3) is 6.08 Å². The molecule has 2 aliphatic rings. The third-order valence-electron chi connectivity index (χ3n) is 6.14. The normalized spacial score (nSPS) is 18.0. The highest BCUT2D eigenvalue weighted by atomic mass is 16.2. The summed E-state index contributed by atoms with van der Waals surface area (Å²) >= 11 is 0. The first-order chi connectivity index (χ1) is 13.6. The van der Waals surface area contributed by atoms with Gasteiger partial charge in [0, 0.05) is 43.7 Å². The van der Waals surface area contributed by atoms with E-state index < -0.39 is 5.54 Å². The molecule has 2 aliphatic heterocycles. The smallest absolute Gasteiger partial charge is 0.253 e. The zero-order valence-electron chi connectivity index (χ0n) is 16.3. The monoisotopic (exact) mass is 378 g/mol. The molecule has 0 aliphatic carbocycles. The Morgan fingerprint density at radius 1 is 1.21 bits per heavy atom. The van der Waals surface area contributed by atoms with Gasteiger partial charge in [-0.1, -0.05) is 31.7 Å². The molecule has 1 N–H and O–H groups in total. The zero-order chi connectivity index (χ0) is 19.7. The summed E-state index contributed by atoms with van der Waals surface area (Å²) in [4.78, 5) is 37.3. The summed E-state index contributed by atoms with van der Waals surface area (Å²) in [6.07, 6.45) is 6.22. The van der Waals surface area contributed by atoms with E-state index in [-0.39, 0.29) is 11.8 Å². The Hall–Kier alpha value is -2.89. The molecule has 0 atom stereocenters. The van der Waals surface area contributed by atoms with E-state index >= 15 is 0 Å². The molecule has 1 aromatic heterocycles. The molecule has 28 heavy (non-hydrogen) atoms. The third-order valence-corrected chi connectivity index (χ3v) is 6.14. The van der Waals surface area contributed by atoms with Crippen LogP contribution in [0.15, 0.2) is 37.2 Å². The predicted octanol–water partition coefficient (Wildman–Crippen LogP) is 2.98. The number of imidazole rings is 1. The summed E-state index contributed by atoms with van der Waals surface area (Å²) in [5.74, 6) is 0.199. The van der Waals surface area contributed by atoms with Gasteiger partial charge < -0.3 is 14.8 Å². The second-order valence-electron chi connectivity index (χ2n) is 7.53. The van der Waals surface area contributed by atoms with Crippen molar-refractivity contribution in [2.45, 2.75) is 38.1 Å². The van der Waals surface area contributed by atoms with Gasteiger partial charge in [0.15, 0.2) is 0 Å². The van der Waals surface area contributed by atoms with Crippen LogP contribution in [0, 0.1) is 0 Å². The molecule has 6 heteroatoms. The van der Waals surface area contributed by atoms with Crippen LogP contribution in [0.4, 0.5) is 0 Å². The lowest BCUT2D eigenvalue weighted by molar-refractivity contribution is -0.141. The maximum atomic E-state index is 12.9. The molecule has 1 spiro atoms. The number of benzene rings is 1. The Bertz CT molecular complexity index is 892. The Morgan fingerprint density at radius 2 is 1.93 bits per heavy atom. The molecule has 1 fully saturated rings. The first kappa shape index (κ1) is 18.5. The van der Waals surface area contributed by atoms with Crippen molar-refractivity contribution in [1.29, 1.82) is 0 Å². The van der Waals surface area contributed by atoms with Gasteiger partial charge in [-0.25, -0.2) is 4.98 Å². The van der Waals surface area contributed by atoms with Crippen molar-refractivity contribution >= 4 is 17.9 Å². The number of carbonyl (C=O) groups excluding carboxylic acids is 2. The largest absolute Gasteiger partial charge is 0.348 e. The number of nitrogens with one attached hydrogen (secondary N) is 1. The number of amides is 2. The van der Waals surface area contributed by atoms with Crippen LogP contribution in [-0.2, 0) is 16.8 Å². The van der Waals surface area contributed by atoms with Crippen LogP contribution < -0.4 is 0 Å². The summed E-state index contributed by atoms with van der Waals surface area (Å²) in [6.45, 7) is 7.59. The second-order valence-corrected chi connectivity index (χ2v) is 7.53. The van der Waals surface area contributed by atoms with E-state index in [9.17, 15) is 9.59 Å². The molecule has 1 aromatic carbocycles. The maximum absolute atomic E-state index is 12.9. The van der Waals surface area contributed by atoms with Crippen molar-refractivity contribution in [2.24, 2.45) is 0 Å². The molecule has 0 unspecified atom stereocenters. The van der Waals surface area contributed by atoms with Gasteiger partial charge in [0.1, 0.15) is 0 Å². The average Bonchev–Trinajstić information content (AvgIpc) is 3.24. The number of H-pyrrole nitrogens is 1. The van der Waals surface area contributed by atoms with Gasteiger partial charge in [-0.15, -0.1) is 0 Å². The number of aromatic nitrogens is 2. The van der Waals surface area contributed by atoms with Gasteiger partial charge in [-0.05, 0) is 30.5 Å². The molecular formula is C22H26N4O2. The number of hydrogen-bond donors (Lipinski definition) is 1. The summed E-state index contributed by atoms with van der Waals surface area (Å²) in [5.41, 5.74) is 3.40. The molecule has 2 amide bonds. The van der Waals surface area contributed by atoms with Gasteiger partial charge >= 0.3 is 0 Å². The summed E-state index contributed by atoms with van der Waals surface area (Å²) in [6, 6.07) is 7.51.